The van der Waals surface area contributed by atoms with Gasteiger partial charge in [0, 0.05) is 9.40 Å². The molecule has 4 heteroatoms. The van der Waals surface area contributed by atoms with Crippen LogP contribution in [0.1, 0.15) is 90.2 Å². The zero-order chi connectivity index (χ0) is 21.7. The second-order valence-electron chi connectivity index (χ2n) is 8.78. The third kappa shape index (κ3) is 5.71. The van der Waals surface area contributed by atoms with E-state index in [4.69, 9.17) is 0 Å². The van der Waals surface area contributed by atoms with Crippen LogP contribution >= 0.6 is 54.5 Å². The van der Waals surface area contributed by atoms with Gasteiger partial charge in [-0.05, 0) is 90.6 Å². The third-order valence-electron chi connectivity index (χ3n) is 6.67. The molecule has 0 fully saturated rings. The molecule has 30 heavy (non-hydrogen) atoms. The molecule has 166 valence electrons. The molecule has 0 N–H and O–H groups in total. The van der Waals surface area contributed by atoms with E-state index in [1.165, 1.54) is 92.0 Å². The molecule has 2 atom stereocenters. The lowest BCUT2D eigenvalue weighted by atomic mass is 9.86. The van der Waals surface area contributed by atoms with Crippen molar-refractivity contribution in [2.75, 3.05) is 0 Å². The highest BCUT2D eigenvalue weighted by Crippen LogP contribution is 2.46. The summed E-state index contributed by atoms with van der Waals surface area (Å²) in [6.45, 7) is 9.37. The lowest BCUT2D eigenvalue weighted by Crippen LogP contribution is -2.06. The summed E-state index contributed by atoms with van der Waals surface area (Å²) in [5.41, 5.74) is 3.21. The van der Waals surface area contributed by atoms with Crippen molar-refractivity contribution in [3.05, 3.63) is 30.8 Å². The molecule has 0 aliphatic heterocycles. The predicted octanol–water partition coefficient (Wildman–Crippen LogP) is 11.2. The first-order valence-corrected chi connectivity index (χ1v) is 15.1. The first-order chi connectivity index (χ1) is 14.5. The predicted molar refractivity (Wildman–Crippen MR) is 147 cm³/mol. The summed E-state index contributed by atoms with van der Waals surface area (Å²) in [7, 11) is 0. The van der Waals surface area contributed by atoms with Gasteiger partial charge < -0.3 is 0 Å². The number of hydrogen-bond donors (Lipinski definition) is 0. The summed E-state index contributed by atoms with van der Waals surface area (Å²) in [4.78, 5) is 0. The van der Waals surface area contributed by atoms with Gasteiger partial charge in [0.05, 0.1) is 7.57 Å². The first kappa shape index (κ1) is 24.7. The zero-order valence-electron chi connectivity index (χ0n) is 19.0. The summed E-state index contributed by atoms with van der Waals surface area (Å²) in [6, 6.07) is 4.82. The molecular weight excluding hydrogens is 536 g/mol. The van der Waals surface area contributed by atoms with Crippen LogP contribution in [-0.4, -0.2) is 0 Å². The van der Waals surface area contributed by atoms with Gasteiger partial charge in [0.1, 0.15) is 0 Å². The Kier molecular flexibility index (Phi) is 9.74. The van der Waals surface area contributed by atoms with E-state index in [1.54, 1.807) is 11.1 Å². The SMILES string of the molecule is CCCCC(CC)Cc1c2cc(Br)sc2c(CC(CC)CCCC)c2cc(Br)sc12. The van der Waals surface area contributed by atoms with Gasteiger partial charge in [0.2, 0.25) is 0 Å². The van der Waals surface area contributed by atoms with Gasteiger partial charge in [0.15, 0.2) is 0 Å². The van der Waals surface area contributed by atoms with Gasteiger partial charge in [-0.15, -0.1) is 22.7 Å². The molecule has 1 aromatic carbocycles. The highest BCUT2D eigenvalue weighted by atomic mass is 79.9. The van der Waals surface area contributed by atoms with Gasteiger partial charge >= 0.3 is 0 Å². The van der Waals surface area contributed by atoms with Gasteiger partial charge in [-0.2, -0.15) is 0 Å². The summed E-state index contributed by atoms with van der Waals surface area (Å²) < 4.78 is 5.63. The van der Waals surface area contributed by atoms with Gasteiger partial charge in [-0.1, -0.05) is 79.1 Å². The summed E-state index contributed by atoms with van der Waals surface area (Å²) in [5.74, 6) is 1.57. The van der Waals surface area contributed by atoms with Crippen molar-refractivity contribution in [1.82, 2.24) is 0 Å². The van der Waals surface area contributed by atoms with Gasteiger partial charge in [0.25, 0.3) is 0 Å². The van der Waals surface area contributed by atoms with E-state index in [9.17, 15) is 0 Å². The molecule has 3 aromatic rings. The molecule has 2 aromatic heterocycles. The van der Waals surface area contributed by atoms with Gasteiger partial charge in [-0.25, -0.2) is 0 Å². The number of benzene rings is 1. The maximum Gasteiger partial charge on any atom is 0.0711 e. The van der Waals surface area contributed by atoms with Crippen LogP contribution in [0.3, 0.4) is 0 Å². The summed E-state index contributed by atoms with van der Waals surface area (Å²) in [6.07, 6.45) is 13.0. The minimum absolute atomic E-state index is 0.787. The third-order valence-corrected chi connectivity index (χ3v) is 10.1. The van der Waals surface area contributed by atoms with E-state index in [-0.39, 0.29) is 0 Å². The van der Waals surface area contributed by atoms with Crippen LogP contribution in [0.5, 0.6) is 0 Å². The monoisotopic (exact) mass is 570 g/mol. The Bertz CT molecular complexity index is 822. The van der Waals surface area contributed by atoms with Gasteiger partial charge in [-0.3, -0.25) is 0 Å². The van der Waals surface area contributed by atoms with E-state index in [0.29, 0.717) is 0 Å². The van der Waals surface area contributed by atoms with Crippen molar-refractivity contribution in [3.8, 4) is 0 Å². The fourth-order valence-electron chi connectivity index (χ4n) is 4.73. The molecule has 0 bridgehead atoms. The Morgan fingerprint density at radius 1 is 0.700 bits per heavy atom. The molecular formula is C26H36Br2S2. The minimum atomic E-state index is 0.787. The lowest BCUT2D eigenvalue weighted by molar-refractivity contribution is 0.450. The molecule has 2 unspecified atom stereocenters. The molecule has 0 radical (unpaired) electrons. The van der Waals surface area contributed by atoms with Crippen LogP contribution in [0, 0.1) is 11.8 Å². The van der Waals surface area contributed by atoms with Crippen LogP contribution in [0.15, 0.2) is 19.7 Å². The molecule has 0 nitrogen and oxygen atoms in total. The second-order valence-corrected chi connectivity index (χ2v) is 13.6. The van der Waals surface area contributed by atoms with Crippen LogP contribution < -0.4 is 0 Å². The average Bonchev–Trinajstić information content (AvgIpc) is 3.31. The fraction of sp³-hybridized carbons (Fsp3) is 0.615. The largest absolute Gasteiger partial charge is 0.128 e. The maximum absolute atomic E-state index is 3.83. The van der Waals surface area contributed by atoms with Crippen molar-refractivity contribution >= 4 is 74.7 Å². The van der Waals surface area contributed by atoms with Crippen LogP contribution in [0.25, 0.3) is 20.2 Å². The van der Waals surface area contributed by atoms with Crippen LogP contribution in [0.4, 0.5) is 0 Å². The topological polar surface area (TPSA) is 0 Å². The number of fused-ring (bicyclic) bond motifs is 2. The van der Waals surface area contributed by atoms with Crippen LogP contribution in [-0.2, 0) is 12.8 Å². The van der Waals surface area contributed by atoms with Crippen molar-refractivity contribution in [2.24, 2.45) is 11.8 Å². The van der Waals surface area contributed by atoms with E-state index in [1.807, 2.05) is 22.7 Å². The van der Waals surface area contributed by atoms with E-state index in [0.717, 1.165) is 11.8 Å². The number of halogens is 2. The number of hydrogen-bond acceptors (Lipinski definition) is 2. The number of thiophene rings is 2. The van der Waals surface area contributed by atoms with E-state index >= 15 is 0 Å². The second kappa shape index (κ2) is 11.8. The van der Waals surface area contributed by atoms with Crippen molar-refractivity contribution in [3.63, 3.8) is 0 Å². The average molecular weight is 573 g/mol. The molecule has 0 aliphatic rings. The number of rotatable bonds is 12. The van der Waals surface area contributed by atoms with Crippen LogP contribution in [0.2, 0.25) is 0 Å². The molecule has 0 amide bonds. The molecule has 3 rings (SSSR count). The highest BCUT2D eigenvalue weighted by Gasteiger charge is 2.22. The zero-order valence-corrected chi connectivity index (χ0v) is 23.8. The summed E-state index contributed by atoms with van der Waals surface area (Å²) in [5, 5.41) is 3.04. The molecule has 0 saturated carbocycles. The highest BCUT2D eigenvalue weighted by molar-refractivity contribution is 9.11. The first-order valence-electron chi connectivity index (χ1n) is 11.8. The van der Waals surface area contributed by atoms with E-state index < -0.39 is 0 Å². The Balaban J connectivity index is 2.12. The van der Waals surface area contributed by atoms with E-state index in [2.05, 4.69) is 71.7 Å². The standard InChI is InChI=1S/C26H36Br2S2/c1-5-9-11-17(7-3)13-19-21-15-23(27)30-26(21)20(14-18(8-4)12-10-6-2)22-16-24(28)29-25(19)22/h15-18H,5-14H2,1-4H3. The van der Waals surface area contributed by atoms with Crippen molar-refractivity contribution < 1.29 is 0 Å². The Morgan fingerprint density at radius 2 is 1.10 bits per heavy atom. The molecule has 0 spiro atoms. The fourth-order valence-corrected chi connectivity index (χ4v) is 8.12. The van der Waals surface area contributed by atoms with Crippen molar-refractivity contribution in [1.29, 1.82) is 0 Å². The number of unbranched alkanes of at least 4 members (excludes halogenated alkanes) is 2. The molecule has 0 aliphatic carbocycles. The minimum Gasteiger partial charge on any atom is -0.128 e. The summed E-state index contributed by atoms with van der Waals surface area (Å²) >= 11 is 11.6. The smallest absolute Gasteiger partial charge is 0.0711 e. The Labute approximate surface area is 208 Å². The maximum atomic E-state index is 3.83. The lowest BCUT2D eigenvalue weighted by Gasteiger charge is -2.20. The Morgan fingerprint density at radius 3 is 1.43 bits per heavy atom. The Hall–Kier alpha value is 0.1000. The normalized spacial score (nSPS) is 14.1. The molecule has 0 saturated heterocycles. The quantitative estimate of drug-likeness (QED) is 0.203. The van der Waals surface area contributed by atoms with Crippen molar-refractivity contribution in [2.45, 2.75) is 91.9 Å². The molecule has 2 heterocycles.